The Hall–Kier alpha value is -1.85. The highest BCUT2D eigenvalue weighted by atomic mass is 16.2. The van der Waals surface area contributed by atoms with Gasteiger partial charge >= 0.3 is 0 Å². The van der Waals surface area contributed by atoms with Crippen molar-refractivity contribution >= 4 is 11.8 Å². The maximum atomic E-state index is 12.4. The summed E-state index contributed by atoms with van der Waals surface area (Å²) >= 11 is 0. The highest BCUT2D eigenvalue weighted by Crippen LogP contribution is 2.35. The van der Waals surface area contributed by atoms with E-state index in [-0.39, 0.29) is 18.4 Å². The van der Waals surface area contributed by atoms with Gasteiger partial charge in [0.2, 0.25) is 11.8 Å². The average Bonchev–Trinajstić information content (AvgIpc) is 2.90. The van der Waals surface area contributed by atoms with Gasteiger partial charge in [-0.15, -0.1) is 0 Å². The van der Waals surface area contributed by atoms with Gasteiger partial charge in [-0.2, -0.15) is 5.10 Å². The smallest absolute Gasteiger partial charge is 0.246 e. The summed E-state index contributed by atoms with van der Waals surface area (Å²) in [6, 6.07) is 0. The van der Waals surface area contributed by atoms with Crippen LogP contribution in [-0.4, -0.2) is 45.1 Å². The van der Waals surface area contributed by atoms with E-state index in [0.717, 1.165) is 44.1 Å². The molecule has 1 N–H and O–H groups in total. The number of piperazine rings is 1. The number of amides is 2. The highest BCUT2D eigenvalue weighted by Gasteiger charge is 2.49. The van der Waals surface area contributed by atoms with E-state index in [1.165, 1.54) is 0 Å². The van der Waals surface area contributed by atoms with Crippen LogP contribution in [-0.2, 0) is 23.1 Å². The van der Waals surface area contributed by atoms with Crippen LogP contribution < -0.4 is 5.32 Å². The molecule has 0 bridgehead atoms. The summed E-state index contributed by atoms with van der Waals surface area (Å²) in [6.45, 7) is 0.728. The van der Waals surface area contributed by atoms with E-state index in [1.54, 1.807) is 4.68 Å². The minimum atomic E-state index is -0.601. The van der Waals surface area contributed by atoms with Crippen LogP contribution in [0, 0.1) is 0 Å². The molecular formula is C15H22N4O2. The molecule has 2 aliphatic rings. The van der Waals surface area contributed by atoms with E-state index in [0.29, 0.717) is 6.54 Å². The standard InChI is InChI=1S/C15H22N4O2/c1-18-11-12(9-17-18)5-8-19-13(20)10-16-14(21)15(19)6-3-2-4-7-15/h9,11H,2-8,10H2,1H3,(H,16,21). The first kappa shape index (κ1) is 14.1. The lowest BCUT2D eigenvalue weighted by Gasteiger charge is -2.47. The number of aromatic nitrogens is 2. The molecule has 1 saturated carbocycles. The third-order valence-corrected chi connectivity index (χ3v) is 4.70. The zero-order chi connectivity index (χ0) is 14.9. The van der Waals surface area contributed by atoms with Crippen LogP contribution in [0.4, 0.5) is 0 Å². The zero-order valence-corrected chi connectivity index (χ0v) is 12.5. The van der Waals surface area contributed by atoms with Gasteiger partial charge in [0.15, 0.2) is 0 Å². The van der Waals surface area contributed by atoms with Crippen molar-refractivity contribution < 1.29 is 9.59 Å². The molecule has 0 atom stereocenters. The lowest BCUT2D eigenvalue weighted by molar-refractivity contribution is -0.156. The molecular weight excluding hydrogens is 268 g/mol. The van der Waals surface area contributed by atoms with Crippen LogP contribution in [0.15, 0.2) is 12.4 Å². The largest absolute Gasteiger partial charge is 0.345 e. The van der Waals surface area contributed by atoms with E-state index >= 15 is 0 Å². The first-order chi connectivity index (χ1) is 10.1. The summed E-state index contributed by atoms with van der Waals surface area (Å²) in [5.74, 6) is 0.0772. The van der Waals surface area contributed by atoms with Crippen molar-refractivity contribution in [3.63, 3.8) is 0 Å². The lowest BCUT2D eigenvalue weighted by Crippen LogP contribution is -2.68. The van der Waals surface area contributed by atoms with Gasteiger partial charge in [-0.05, 0) is 24.8 Å². The second-order valence-corrected chi connectivity index (χ2v) is 6.09. The summed E-state index contributed by atoms with van der Waals surface area (Å²) in [6.07, 6.45) is 9.29. The molecule has 6 heteroatoms. The van der Waals surface area contributed by atoms with Crippen molar-refractivity contribution in [2.75, 3.05) is 13.1 Å². The fourth-order valence-corrected chi connectivity index (χ4v) is 3.59. The zero-order valence-electron chi connectivity index (χ0n) is 12.5. The third-order valence-electron chi connectivity index (χ3n) is 4.70. The molecule has 0 radical (unpaired) electrons. The van der Waals surface area contributed by atoms with Crippen molar-refractivity contribution in [2.24, 2.45) is 7.05 Å². The van der Waals surface area contributed by atoms with Gasteiger partial charge < -0.3 is 10.2 Å². The second-order valence-electron chi connectivity index (χ2n) is 6.09. The van der Waals surface area contributed by atoms with Crippen molar-refractivity contribution in [1.82, 2.24) is 20.0 Å². The number of carbonyl (C=O) groups is 2. The van der Waals surface area contributed by atoms with Crippen LogP contribution >= 0.6 is 0 Å². The van der Waals surface area contributed by atoms with E-state index in [2.05, 4.69) is 10.4 Å². The number of nitrogens with zero attached hydrogens (tertiary/aromatic N) is 3. The molecule has 114 valence electrons. The van der Waals surface area contributed by atoms with Gasteiger partial charge in [0.25, 0.3) is 0 Å². The molecule has 1 aliphatic carbocycles. The van der Waals surface area contributed by atoms with Gasteiger partial charge in [0.1, 0.15) is 5.54 Å². The molecule has 3 rings (SSSR count). The fraction of sp³-hybridized carbons (Fsp3) is 0.667. The Bertz CT molecular complexity index is 546. The minimum absolute atomic E-state index is 0.0352. The summed E-state index contributed by atoms with van der Waals surface area (Å²) in [7, 11) is 1.88. The SMILES string of the molecule is Cn1cc(CCN2C(=O)CNC(=O)C23CCCCC3)cn1. The number of nitrogens with one attached hydrogen (secondary N) is 1. The number of aryl methyl sites for hydroxylation is 1. The van der Waals surface area contributed by atoms with E-state index in [1.807, 2.05) is 24.3 Å². The normalized spacial score (nSPS) is 21.7. The molecule has 1 spiro atoms. The maximum Gasteiger partial charge on any atom is 0.246 e. The number of rotatable bonds is 3. The monoisotopic (exact) mass is 290 g/mol. The molecule has 0 aromatic carbocycles. The molecule has 2 heterocycles. The van der Waals surface area contributed by atoms with Gasteiger partial charge in [-0.3, -0.25) is 14.3 Å². The molecule has 1 aromatic heterocycles. The van der Waals surface area contributed by atoms with E-state index in [4.69, 9.17) is 0 Å². The highest BCUT2D eigenvalue weighted by molar-refractivity contribution is 5.98. The molecule has 1 aromatic rings. The Morgan fingerprint density at radius 2 is 2.05 bits per heavy atom. The Labute approximate surface area is 124 Å². The Morgan fingerprint density at radius 3 is 2.71 bits per heavy atom. The van der Waals surface area contributed by atoms with Crippen LogP contribution in [0.1, 0.15) is 37.7 Å². The molecule has 1 aliphatic heterocycles. The second kappa shape index (κ2) is 5.50. The predicted octanol–water partition coefficient (Wildman–Crippen LogP) is 0.624. The van der Waals surface area contributed by atoms with Crippen molar-refractivity contribution in [1.29, 1.82) is 0 Å². The lowest BCUT2D eigenvalue weighted by atomic mass is 9.78. The first-order valence-electron chi connectivity index (χ1n) is 7.68. The predicted molar refractivity (Wildman–Crippen MR) is 77.5 cm³/mol. The van der Waals surface area contributed by atoms with E-state index in [9.17, 15) is 9.59 Å². The Morgan fingerprint density at radius 1 is 1.29 bits per heavy atom. The Kier molecular flexibility index (Phi) is 3.69. The van der Waals surface area contributed by atoms with Crippen LogP contribution in [0.25, 0.3) is 0 Å². The molecule has 6 nitrogen and oxygen atoms in total. The van der Waals surface area contributed by atoms with Gasteiger partial charge in [0.05, 0.1) is 12.7 Å². The topological polar surface area (TPSA) is 67.2 Å². The maximum absolute atomic E-state index is 12.4. The van der Waals surface area contributed by atoms with E-state index < -0.39 is 5.54 Å². The fourth-order valence-electron chi connectivity index (χ4n) is 3.59. The quantitative estimate of drug-likeness (QED) is 0.887. The van der Waals surface area contributed by atoms with Gasteiger partial charge in [0, 0.05) is 19.8 Å². The van der Waals surface area contributed by atoms with Crippen molar-refractivity contribution in [3.05, 3.63) is 18.0 Å². The van der Waals surface area contributed by atoms with Crippen LogP contribution in [0.3, 0.4) is 0 Å². The summed E-state index contributed by atoms with van der Waals surface area (Å²) < 4.78 is 1.76. The summed E-state index contributed by atoms with van der Waals surface area (Å²) in [5.41, 5.74) is 0.498. The molecule has 0 unspecified atom stereocenters. The number of carbonyl (C=O) groups excluding carboxylic acids is 2. The number of hydrogen-bond donors (Lipinski definition) is 1. The first-order valence-corrected chi connectivity index (χ1v) is 7.68. The summed E-state index contributed by atoms with van der Waals surface area (Å²) in [5, 5.41) is 6.93. The number of hydrogen-bond acceptors (Lipinski definition) is 3. The van der Waals surface area contributed by atoms with Crippen LogP contribution in [0.2, 0.25) is 0 Å². The average molecular weight is 290 g/mol. The van der Waals surface area contributed by atoms with Crippen molar-refractivity contribution in [3.8, 4) is 0 Å². The van der Waals surface area contributed by atoms with Crippen LogP contribution in [0.5, 0.6) is 0 Å². The minimum Gasteiger partial charge on any atom is -0.345 e. The molecule has 2 fully saturated rings. The molecule has 21 heavy (non-hydrogen) atoms. The van der Waals surface area contributed by atoms with Gasteiger partial charge in [-0.25, -0.2) is 0 Å². The molecule has 1 saturated heterocycles. The molecule has 2 amide bonds. The Balaban J connectivity index is 1.78. The third kappa shape index (κ3) is 2.54. The van der Waals surface area contributed by atoms with Gasteiger partial charge in [-0.1, -0.05) is 19.3 Å². The summed E-state index contributed by atoms with van der Waals surface area (Å²) in [4.78, 5) is 26.6. The van der Waals surface area contributed by atoms with Crippen molar-refractivity contribution in [2.45, 2.75) is 44.1 Å².